The second kappa shape index (κ2) is 3.82. The Morgan fingerprint density at radius 1 is 1.06 bits per heavy atom. The minimum atomic E-state index is 0.0356. The van der Waals surface area contributed by atoms with Crippen LogP contribution in [-0.4, -0.2) is 29.2 Å². The smallest absolute Gasteiger partial charge is 0.230 e. The quantitative estimate of drug-likeness (QED) is 0.657. The van der Waals surface area contributed by atoms with Crippen molar-refractivity contribution in [1.82, 2.24) is 4.90 Å². The normalized spacial score (nSPS) is 28.8. The van der Waals surface area contributed by atoms with Crippen molar-refractivity contribution < 1.29 is 9.59 Å². The number of likely N-dealkylation sites (tertiary alicyclic amines) is 1. The molecule has 1 saturated heterocycles. The summed E-state index contributed by atoms with van der Waals surface area (Å²) < 4.78 is 0. The Balaban J connectivity index is 2.16. The van der Waals surface area contributed by atoms with E-state index in [-0.39, 0.29) is 35.0 Å². The minimum absolute atomic E-state index is 0.0356. The Hall–Kier alpha value is -0.860. The van der Waals surface area contributed by atoms with Crippen LogP contribution in [0.1, 0.15) is 53.4 Å². The average molecular weight is 237 g/mol. The third-order valence-electron chi connectivity index (χ3n) is 3.99. The summed E-state index contributed by atoms with van der Waals surface area (Å²) in [5.74, 6) is 0.115. The summed E-state index contributed by atoms with van der Waals surface area (Å²) in [5.41, 5.74) is 0.524. The lowest BCUT2D eigenvalue weighted by Crippen LogP contribution is -2.46. The van der Waals surface area contributed by atoms with E-state index in [0.29, 0.717) is 6.54 Å². The molecule has 0 aromatic rings. The first-order chi connectivity index (χ1) is 7.69. The Morgan fingerprint density at radius 3 is 2.00 bits per heavy atom. The molecular weight excluding hydrogens is 214 g/mol. The lowest BCUT2D eigenvalue weighted by atomic mass is 9.63. The zero-order chi connectivity index (χ0) is 12.8. The van der Waals surface area contributed by atoms with Crippen molar-refractivity contribution in [3.8, 4) is 0 Å². The molecule has 0 N–H and O–H groups in total. The number of amides is 1. The molecule has 1 aliphatic heterocycles. The third kappa shape index (κ3) is 2.70. The Kier molecular flexibility index (Phi) is 2.83. The summed E-state index contributed by atoms with van der Waals surface area (Å²) in [7, 11) is 0. The monoisotopic (exact) mass is 237 g/mol. The second-order valence-corrected chi connectivity index (χ2v) is 7.30. The first-order valence-corrected chi connectivity index (χ1v) is 6.50. The number of carbonyl (C=O) groups excluding carboxylic acids is 2. The topological polar surface area (TPSA) is 37.4 Å². The molecule has 1 amide bonds. The van der Waals surface area contributed by atoms with Gasteiger partial charge in [-0.15, -0.1) is 0 Å². The SMILES string of the molecule is CC1(C)CC(N2CC(=O)CC2=O)CC(C)(C)C1. The van der Waals surface area contributed by atoms with Crippen molar-refractivity contribution in [2.45, 2.75) is 59.4 Å². The molecule has 3 nitrogen and oxygen atoms in total. The molecule has 1 saturated carbocycles. The number of hydrogen-bond donors (Lipinski definition) is 0. The van der Waals surface area contributed by atoms with Gasteiger partial charge in [0, 0.05) is 6.04 Å². The second-order valence-electron chi connectivity index (χ2n) is 7.30. The van der Waals surface area contributed by atoms with E-state index in [9.17, 15) is 9.59 Å². The van der Waals surface area contributed by atoms with E-state index in [1.807, 2.05) is 4.90 Å². The van der Waals surface area contributed by atoms with Crippen molar-refractivity contribution in [3.63, 3.8) is 0 Å². The molecule has 1 aliphatic carbocycles. The van der Waals surface area contributed by atoms with Crippen LogP contribution >= 0.6 is 0 Å². The van der Waals surface area contributed by atoms with Crippen molar-refractivity contribution in [3.05, 3.63) is 0 Å². The van der Waals surface area contributed by atoms with Gasteiger partial charge in [-0.3, -0.25) is 9.59 Å². The van der Waals surface area contributed by atoms with Crippen LogP contribution in [0.15, 0.2) is 0 Å². The highest BCUT2D eigenvalue weighted by Crippen LogP contribution is 2.47. The third-order valence-corrected chi connectivity index (χ3v) is 3.99. The highest BCUT2D eigenvalue weighted by atomic mass is 16.2. The lowest BCUT2D eigenvalue weighted by Gasteiger charge is -2.47. The van der Waals surface area contributed by atoms with Gasteiger partial charge in [0.1, 0.15) is 0 Å². The molecule has 2 rings (SSSR count). The molecule has 0 unspecified atom stereocenters. The zero-order valence-corrected chi connectivity index (χ0v) is 11.4. The maximum atomic E-state index is 11.8. The van der Waals surface area contributed by atoms with E-state index in [1.54, 1.807) is 0 Å². The summed E-state index contributed by atoms with van der Waals surface area (Å²) in [6.45, 7) is 9.41. The van der Waals surface area contributed by atoms with Gasteiger partial charge < -0.3 is 4.90 Å². The van der Waals surface area contributed by atoms with Gasteiger partial charge in [0.05, 0.1) is 13.0 Å². The van der Waals surface area contributed by atoms with Crippen LogP contribution in [0, 0.1) is 10.8 Å². The first kappa shape index (κ1) is 12.6. The fourth-order valence-electron chi connectivity index (χ4n) is 3.95. The van der Waals surface area contributed by atoms with Gasteiger partial charge in [-0.2, -0.15) is 0 Å². The van der Waals surface area contributed by atoms with Gasteiger partial charge in [-0.05, 0) is 30.1 Å². The van der Waals surface area contributed by atoms with Gasteiger partial charge >= 0.3 is 0 Å². The van der Waals surface area contributed by atoms with Crippen LogP contribution < -0.4 is 0 Å². The van der Waals surface area contributed by atoms with Crippen molar-refractivity contribution >= 4 is 11.7 Å². The maximum absolute atomic E-state index is 11.8. The molecule has 0 bridgehead atoms. The van der Waals surface area contributed by atoms with Gasteiger partial charge in [0.2, 0.25) is 5.91 Å². The molecule has 96 valence electrons. The van der Waals surface area contributed by atoms with Crippen LogP contribution in [0.2, 0.25) is 0 Å². The van der Waals surface area contributed by atoms with Crippen LogP contribution in [0.3, 0.4) is 0 Å². The van der Waals surface area contributed by atoms with Crippen LogP contribution in [-0.2, 0) is 9.59 Å². The fraction of sp³-hybridized carbons (Fsp3) is 0.857. The predicted molar refractivity (Wildman–Crippen MR) is 66.5 cm³/mol. The first-order valence-electron chi connectivity index (χ1n) is 6.50. The molecule has 17 heavy (non-hydrogen) atoms. The molecule has 2 fully saturated rings. The van der Waals surface area contributed by atoms with Gasteiger partial charge in [0.25, 0.3) is 0 Å². The minimum Gasteiger partial charge on any atom is -0.332 e. The average Bonchev–Trinajstić information content (AvgIpc) is 2.39. The lowest BCUT2D eigenvalue weighted by molar-refractivity contribution is -0.132. The van der Waals surface area contributed by atoms with Crippen LogP contribution in [0.4, 0.5) is 0 Å². The van der Waals surface area contributed by atoms with Gasteiger partial charge in [-0.25, -0.2) is 0 Å². The number of ketones is 1. The fourth-order valence-corrected chi connectivity index (χ4v) is 3.95. The van der Waals surface area contributed by atoms with Gasteiger partial charge in [0.15, 0.2) is 5.78 Å². The molecule has 0 radical (unpaired) electrons. The summed E-state index contributed by atoms with van der Waals surface area (Å²) >= 11 is 0. The van der Waals surface area contributed by atoms with E-state index >= 15 is 0 Å². The molecule has 0 aromatic carbocycles. The van der Waals surface area contributed by atoms with E-state index in [1.165, 1.54) is 6.42 Å². The number of carbonyl (C=O) groups is 2. The number of rotatable bonds is 1. The summed E-state index contributed by atoms with van der Waals surface area (Å²) in [6.07, 6.45) is 3.36. The molecule has 3 heteroatoms. The predicted octanol–water partition coefficient (Wildman–Crippen LogP) is 2.39. The molecular formula is C14H23NO2. The molecule has 0 spiro atoms. The Labute approximate surface area is 104 Å². The largest absolute Gasteiger partial charge is 0.332 e. The summed E-state index contributed by atoms with van der Waals surface area (Å²) in [6, 6.07) is 0.257. The molecule has 0 atom stereocenters. The highest BCUT2D eigenvalue weighted by molar-refractivity contribution is 6.05. The number of nitrogens with zero attached hydrogens (tertiary/aromatic N) is 1. The van der Waals surface area contributed by atoms with Crippen LogP contribution in [0.5, 0.6) is 0 Å². The Morgan fingerprint density at radius 2 is 1.59 bits per heavy atom. The van der Waals surface area contributed by atoms with Crippen molar-refractivity contribution in [2.75, 3.05) is 6.54 Å². The van der Waals surface area contributed by atoms with E-state index in [4.69, 9.17) is 0 Å². The maximum Gasteiger partial charge on any atom is 0.230 e. The van der Waals surface area contributed by atoms with Crippen molar-refractivity contribution in [1.29, 1.82) is 0 Å². The van der Waals surface area contributed by atoms with Crippen LogP contribution in [0.25, 0.3) is 0 Å². The highest BCUT2D eigenvalue weighted by Gasteiger charge is 2.43. The van der Waals surface area contributed by atoms with Crippen molar-refractivity contribution in [2.24, 2.45) is 10.8 Å². The molecule has 2 aliphatic rings. The Bertz CT molecular complexity index is 341. The standard InChI is InChI=1S/C14H23NO2/c1-13(2)6-10(7-14(3,4)9-13)15-8-11(16)5-12(15)17/h10H,5-9H2,1-4H3. The zero-order valence-electron chi connectivity index (χ0n) is 11.4. The number of hydrogen-bond acceptors (Lipinski definition) is 2. The summed E-state index contributed by atoms with van der Waals surface area (Å²) in [4.78, 5) is 25.0. The summed E-state index contributed by atoms with van der Waals surface area (Å²) in [5, 5.41) is 0. The number of Topliss-reactive ketones (excluding diaryl/α,β-unsaturated/α-hetero) is 1. The molecule has 0 aromatic heterocycles. The van der Waals surface area contributed by atoms with E-state index < -0.39 is 0 Å². The van der Waals surface area contributed by atoms with E-state index in [2.05, 4.69) is 27.7 Å². The van der Waals surface area contributed by atoms with Gasteiger partial charge in [-0.1, -0.05) is 27.7 Å². The molecule has 1 heterocycles. The van der Waals surface area contributed by atoms with E-state index in [0.717, 1.165) is 12.8 Å².